The van der Waals surface area contributed by atoms with Crippen molar-refractivity contribution >= 4 is 23.1 Å². The van der Waals surface area contributed by atoms with E-state index in [1.807, 2.05) is 11.8 Å². The molecule has 0 aromatic carbocycles. The second-order valence-electron chi connectivity index (χ2n) is 5.34. The van der Waals surface area contributed by atoms with E-state index < -0.39 is 0 Å². The van der Waals surface area contributed by atoms with Crippen LogP contribution in [0.4, 0.5) is 0 Å². The average molecular weight is 270 g/mol. The van der Waals surface area contributed by atoms with Gasteiger partial charge in [-0.25, -0.2) is 0 Å². The first-order valence-corrected chi connectivity index (χ1v) is 7.21. The molecule has 2 atom stereocenters. The zero-order valence-electron chi connectivity index (χ0n) is 10.9. The van der Waals surface area contributed by atoms with Crippen LogP contribution in [-0.4, -0.2) is 41.1 Å². The molecule has 2 unspecified atom stereocenters. The summed E-state index contributed by atoms with van der Waals surface area (Å²) in [6.07, 6.45) is 5.39. The Hall–Kier alpha value is -0.680. The number of hydrogen-bond donors (Lipinski definition) is 1. The molecule has 1 aliphatic carbocycles. The van der Waals surface area contributed by atoms with Gasteiger partial charge in [-0.15, -0.1) is 0 Å². The Kier molecular flexibility index (Phi) is 4.56. The van der Waals surface area contributed by atoms with Crippen LogP contribution in [-0.2, 0) is 9.53 Å². The molecule has 5 heteroatoms. The smallest absolute Gasteiger partial charge is 0.229 e. The summed E-state index contributed by atoms with van der Waals surface area (Å²) in [5.74, 6) is 0.166. The third kappa shape index (κ3) is 3.01. The van der Waals surface area contributed by atoms with E-state index in [1.54, 1.807) is 0 Å². The lowest BCUT2D eigenvalue weighted by Gasteiger charge is -2.31. The van der Waals surface area contributed by atoms with Crippen molar-refractivity contribution < 1.29 is 9.53 Å². The second kappa shape index (κ2) is 5.97. The van der Waals surface area contributed by atoms with Crippen LogP contribution in [0.15, 0.2) is 0 Å². The van der Waals surface area contributed by atoms with Crippen LogP contribution >= 0.6 is 12.2 Å². The lowest BCUT2D eigenvalue weighted by Crippen LogP contribution is -2.47. The van der Waals surface area contributed by atoms with Crippen molar-refractivity contribution in [2.75, 3.05) is 13.2 Å². The van der Waals surface area contributed by atoms with Crippen LogP contribution in [0.2, 0.25) is 0 Å². The Morgan fingerprint density at radius 3 is 2.56 bits per heavy atom. The normalized spacial score (nSPS) is 28.5. The lowest BCUT2D eigenvalue weighted by atomic mass is 9.99. The van der Waals surface area contributed by atoms with Gasteiger partial charge in [0.25, 0.3) is 0 Å². The van der Waals surface area contributed by atoms with Crippen molar-refractivity contribution in [3.05, 3.63) is 0 Å². The van der Waals surface area contributed by atoms with E-state index in [9.17, 15) is 4.79 Å². The number of thiocarbonyl (C=S) groups is 1. The fraction of sp³-hybridized carbons (Fsp3) is 0.846. The first kappa shape index (κ1) is 13.7. The maximum Gasteiger partial charge on any atom is 0.229 e. The quantitative estimate of drug-likeness (QED) is 0.786. The lowest BCUT2D eigenvalue weighted by molar-refractivity contribution is -0.138. The maximum atomic E-state index is 12.6. The van der Waals surface area contributed by atoms with E-state index in [1.165, 1.54) is 12.8 Å². The average Bonchev–Trinajstić information content (AvgIpc) is 2.95. The first-order chi connectivity index (χ1) is 8.59. The van der Waals surface area contributed by atoms with Crippen molar-refractivity contribution in [1.29, 1.82) is 0 Å². The third-order valence-electron chi connectivity index (χ3n) is 4.07. The zero-order valence-corrected chi connectivity index (χ0v) is 11.7. The van der Waals surface area contributed by atoms with E-state index in [-0.39, 0.29) is 17.9 Å². The highest BCUT2D eigenvalue weighted by Crippen LogP contribution is 2.28. The van der Waals surface area contributed by atoms with Crippen molar-refractivity contribution in [2.45, 2.75) is 51.2 Å². The first-order valence-electron chi connectivity index (χ1n) is 6.80. The fourth-order valence-corrected chi connectivity index (χ4v) is 3.18. The van der Waals surface area contributed by atoms with Gasteiger partial charge >= 0.3 is 0 Å². The van der Waals surface area contributed by atoms with Crippen molar-refractivity contribution in [3.8, 4) is 0 Å². The summed E-state index contributed by atoms with van der Waals surface area (Å²) in [5.41, 5.74) is 5.64. The largest absolute Gasteiger partial charge is 0.392 e. The van der Waals surface area contributed by atoms with Gasteiger partial charge in [0.05, 0.1) is 23.6 Å². The highest BCUT2D eigenvalue weighted by atomic mass is 32.1. The van der Waals surface area contributed by atoms with Crippen LogP contribution in [0.5, 0.6) is 0 Å². The Balaban J connectivity index is 2.06. The summed E-state index contributed by atoms with van der Waals surface area (Å²) in [4.78, 5) is 14.9. The van der Waals surface area contributed by atoms with Gasteiger partial charge in [-0.3, -0.25) is 4.79 Å². The van der Waals surface area contributed by atoms with Crippen LogP contribution in [0.25, 0.3) is 0 Å². The molecule has 2 N–H and O–H groups in total. The molecule has 4 nitrogen and oxygen atoms in total. The summed E-state index contributed by atoms with van der Waals surface area (Å²) in [6.45, 7) is 3.08. The fourth-order valence-electron chi connectivity index (χ4n) is 3.04. The van der Waals surface area contributed by atoms with Crippen LogP contribution in [0.3, 0.4) is 0 Å². The molecule has 0 bridgehead atoms. The molecule has 1 heterocycles. The van der Waals surface area contributed by atoms with Crippen LogP contribution < -0.4 is 5.73 Å². The highest BCUT2D eigenvalue weighted by molar-refractivity contribution is 7.80. The number of nitrogens with two attached hydrogens (primary N) is 1. The summed E-state index contributed by atoms with van der Waals surface area (Å²) in [7, 11) is 0. The summed E-state index contributed by atoms with van der Waals surface area (Å²) in [6, 6.07) is 0.326. The van der Waals surface area contributed by atoms with Crippen molar-refractivity contribution in [3.63, 3.8) is 0 Å². The Morgan fingerprint density at radius 2 is 2.06 bits per heavy atom. The van der Waals surface area contributed by atoms with Gasteiger partial charge < -0.3 is 15.4 Å². The van der Waals surface area contributed by atoms with Gasteiger partial charge in [0.1, 0.15) is 0 Å². The van der Waals surface area contributed by atoms with Gasteiger partial charge in [-0.2, -0.15) is 0 Å². The molecule has 0 radical (unpaired) electrons. The van der Waals surface area contributed by atoms with E-state index >= 15 is 0 Å². The molecule has 0 aromatic heterocycles. The predicted octanol–water partition coefficient (Wildman–Crippen LogP) is 1.47. The number of amides is 1. The zero-order chi connectivity index (χ0) is 13.1. The van der Waals surface area contributed by atoms with Gasteiger partial charge in [0.2, 0.25) is 5.91 Å². The Labute approximate surface area is 114 Å². The Morgan fingerprint density at radius 1 is 1.39 bits per heavy atom. The van der Waals surface area contributed by atoms with E-state index in [0.29, 0.717) is 24.2 Å². The minimum atomic E-state index is -0.0139. The van der Waals surface area contributed by atoms with E-state index in [4.69, 9.17) is 22.7 Å². The molecule has 2 fully saturated rings. The van der Waals surface area contributed by atoms with Gasteiger partial charge in [-0.05, 0) is 26.2 Å². The molecule has 0 aromatic rings. The standard InChI is InChI=1S/C13H22N2O2S/c1-9-11(6-7-17-9)13(16)15(8-12(14)18)10-4-2-3-5-10/h9-11H,2-8H2,1H3,(H2,14,18). The molecule has 0 spiro atoms. The highest BCUT2D eigenvalue weighted by Gasteiger charge is 2.37. The molecular formula is C13H22N2O2S. The molecule has 2 rings (SSSR count). The van der Waals surface area contributed by atoms with E-state index in [0.717, 1.165) is 19.3 Å². The van der Waals surface area contributed by atoms with Crippen molar-refractivity contribution in [2.24, 2.45) is 11.7 Å². The third-order valence-corrected chi connectivity index (χ3v) is 4.20. The van der Waals surface area contributed by atoms with Crippen molar-refractivity contribution in [1.82, 2.24) is 4.90 Å². The SMILES string of the molecule is CC1OCCC1C(=O)N(CC(N)=S)C1CCCC1. The molecule has 1 aliphatic heterocycles. The maximum absolute atomic E-state index is 12.6. The minimum Gasteiger partial charge on any atom is -0.392 e. The molecule has 1 saturated heterocycles. The number of rotatable bonds is 4. The predicted molar refractivity (Wildman–Crippen MR) is 74.3 cm³/mol. The van der Waals surface area contributed by atoms with Gasteiger partial charge in [0.15, 0.2) is 0 Å². The molecule has 2 aliphatic rings. The van der Waals surface area contributed by atoms with Gasteiger partial charge in [0, 0.05) is 12.6 Å². The van der Waals surface area contributed by atoms with Crippen LogP contribution in [0.1, 0.15) is 39.0 Å². The molecule has 102 valence electrons. The van der Waals surface area contributed by atoms with Crippen LogP contribution in [0, 0.1) is 5.92 Å². The second-order valence-corrected chi connectivity index (χ2v) is 5.87. The number of carbonyl (C=O) groups excluding carboxylic acids is 1. The summed E-state index contributed by atoms with van der Waals surface area (Å²) >= 11 is 4.98. The molecule has 18 heavy (non-hydrogen) atoms. The summed E-state index contributed by atoms with van der Waals surface area (Å²) in [5, 5.41) is 0. The number of nitrogens with zero attached hydrogens (tertiary/aromatic N) is 1. The molecule has 1 saturated carbocycles. The minimum absolute atomic E-state index is 0.0139. The Bertz CT molecular complexity index is 329. The topological polar surface area (TPSA) is 55.6 Å². The van der Waals surface area contributed by atoms with Gasteiger partial charge in [-0.1, -0.05) is 25.1 Å². The number of carbonyl (C=O) groups is 1. The molecular weight excluding hydrogens is 248 g/mol. The van der Waals surface area contributed by atoms with E-state index in [2.05, 4.69) is 0 Å². The number of hydrogen-bond acceptors (Lipinski definition) is 3. The monoisotopic (exact) mass is 270 g/mol. The molecule has 1 amide bonds. The number of ether oxygens (including phenoxy) is 1. The summed E-state index contributed by atoms with van der Waals surface area (Å²) < 4.78 is 5.49.